The van der Waals surface area contributed by atoms with Gasteiger partial charge in [0.15, 0.2) is 0 Å². The second-order valence-electron chi connectivity index (χ2n) is 6.85. The average molecular weight is 415 g/mol. The van der Waals surface area contributed by atoms with E-state index in [1.54, 1.807) is 0 Å². The van der Waals surface area contributed by atoms with Crippen molar-refractivity contribution in [1.82, 2.24) is 10.6 Å². The van der Waals surface area contributed by atoms with Crippen LogP contribution in [0.3, 0.4) is 0 Å². The molecular formula is C22H26N2O4S. The third-order valence-electron chi connectivity index (χ3n) is 4.92. The molecule has 2 aromatic rings. The molecule has 1 unspecified atom stereocenters. The summed E-state index contributed by atoms with van der Waals surface area (Å²) in [4.78, 5) is 24.6. The molecule has 0 aliphatic heterocycles. The van der Waals surface area contributed by atoms with Crippen LogP contribution in [0.15, 0.2) is 48.5 Å². The minimum absolute atomic E-state index is 0.00722. The molecule has 1 aliphatic carbocycles. The van der Waals surface area contributed by atoms with Crippen molar-refractivity contribution in [1.29, 1.82) is 0 Å². The molecule has 29 heavy (non-hydrogen) atoms. The second-order valence-corrected chi connectivity index (χ2v) is 7.76. The fourth-order valence-electron chi connectivity index (χ4n) is 3.55. The van der Waals surface area contributed by atoms with E-state index in [1.165, 1.54) is 22.9 Å². The highest BCUT2D eigenvalue weighted by molar-refractivity contribution is 7.98. The van der Waals surface area contributed by atoms with Crippen molar-refractivity contribution < 1.29 is 19.4 Å². The predicted octanol–water partition coefficient (Wildman–Crippen LogP) is 2.76. The van der Waals surface area contributed by atoms with Crippen LogP contribution in [0.4, 0.5) is 4.79 Å². The Balaban J connectivity index is 1.62. The third kappa shape index (κ3) is 5.10. The summed E-state index contributed by atoms with van der Waals surface area (Å²) < 4.78 is 5.51. The van der Waals surface area contributed by atoms with E-state index in [0.717, 1.165) is 11.1 Å². The normalized spacial score (nSPS) is 13.3. The van der Waals surface area contributed by atoms with Crippen LogP contribution in [0.2, 0.25) is 0 Å². The lowest BCUT2D eigenvalue weighted by molar-refractivity contribution is -0.122. The summed E-state index contributed by atoms with van der Waals surface area (Å²) in [6, 6.07) is 15.6. The molecule has 0 radical (unpaired) electrons. The lowest BCUT2D eigenvalue weighted by Crippen LogP contribution is -2.48. The standard InChI is InChI=1S/C22H26N2O4S/c1-29-14-20(21(26)23-11-6-12-25)24-22(27)28-13-19-17-9-4-2-7-15(17)16-8-3-5-10-18(16)19/h2-5,7-10,19-20,25H,6,11-14H2,1H3,(H,23,26)(H,24,27). The van der Waals surface area contributed by atoms with E-state index in [2.05, 4.69) is 34.9 Å². The van der Waals surface area contributed by atoms with Crippen molar-refractivity contribution in [2.75, 3.05) is 31.8 Å². The van der Waals surface area contributed by atoms with Gasteiger partial charge < -0.3 is 20.5 Å². The molecule has 6 nitrogen and oxygen atoms in total. The number of hydrogen-bond acceptors (Lipinski definition) is 5. The van der Waals surface area contributed by atoms with Gasteiger partial charge in [0.05, 0.1) is 0 Å². The molecular weight excluding hydrogens is 388 g/mol. The Morgan fingerprint density at radius 1 is 1.10 bits per heavy atom. The molecule has 0 bridgehead atoms. The van der Waals surface area contributed by atoms with Gasteiger partial charge in [0.25, 0.3) is 0 Å². The molecule has 7 heteroatoms. The van der Waals surface area contributed by atoms with Gasteiger partial charge in [-0.3, -0.25) is 4.79 Å². The van der Waals surface area contributed by atoms with Crippen molar-refractivity contribution in [2.24, 2.45) is 0 Å². The Hall–Kier alpha value is -2.51. The van der Waals surface area contributed by atoms with Crippen molar-refractivity contribution in [3.05, 3.63) is 59.7 Å². The zero-order valence-electron chi connectivity index (χ0n) is 16.4. The fourth-order valence-corrected chi connectivity index (χ4v) is 4.11. The second kappa shape index (κ2) is 10.3. The summed E-state index contributed by atoms with van der Waals surface area (Å²) in [5.74, 6) is 0.140. The maximum absolute atomic E-state index is 12.4. The Morgan fingerprint density at radius 3 is 2.31 bits per heavy atom. The van der Waals surface area contributed by atoms with Gasteiger partial charge in [-0.05, 0) is 34.9 Å². The Morgan fingerprint density at radius 2 is 1.72 bits per heavy atom. The number of alkyl carbamates (subject to hydrolysis) is 1. The number of thioether (sulfide) groups is 1. The first kappa shape index (κ1) is 21.2. The number of aliphatic hydroxyl groups is 1. The van der Waals surface area contributed by atoms with Crippen LogP contribution in [0.5, 0.6) is 0 Å². The number of nitrogens with one attached hydrogen (secondary N) is 2. The van der Waals surface area contributed by atoms with Crippen LogP contribution in [0.1, 0.15) is 23.5 Å². The largest absolute Gasteiger partial charge is 0.449 e. The lowest BCUT2D eigenvalue weighted by Gasteiger charge is -2.19. The Labute approximate surface area is 175 Å². The third-order valence-corrected chi connectivity index (χ3v) is 5.59. The number of fused-ring (bicyclic) bond motifs is 3. The van der Waals surface area contributed by atoms with Gasteiger partial charge in [0.1, 0.15) is 12.6 Å². The van der Waals surface area contributed by atoms with Gasteiger partial charge in [0.2, 0.25) is 5.91 Å². The molecule has 0 saturated carbocycles. The van der Waals surface area contributed by atoms with Crippen molar-refractivity contribution in [3.8, 4) is 11.1 Å². The summed E-state index contributed by atoms with van der Waals surface area (Å²) in [7, 11) is 0. The quantitative estimate of drug-likeness (QED) is 0.549. The number of carbonyl (C=O) groups is 2. The van der Waals surface area contributed by atoms with E-state index >= 15 is 0 Å². The van der Waals surface area contributed by atoms with Crippen LogP contribution in [0.25, 0.3) is 11.1 Å². The van der Waals surface area contributed by atoms with Crippen LogP contribution >= 0.6 is 11.8 Å². The number of amides is 2. The number of hydrogen-bond donors (Lipinski definition) is 3. The lowest BCUT2D eigenvalue weighted by atomic mass is 9.98. The molecule has 0 heterocycles. The predicted molar refractivity (Wildman–Crippen MR) is 115 cm³/mol. The van der Waals surface area contributed by atoms with E-state index in [9.17, 15) is 9.59 Å². The van der Waals surface area contributed by atoms with Crippen molar-refractivity contribution in [2.45, 2.75) is 18.4 Å². The average Bonchev–Trinajstić information content (AvgIpc) is 3.06. The molecule has 2 aromatic carbocycles. The number of ether oxygens (including phenoxy) is 1. The van der Waals surface area contributed by atoms with E-state index in [4.69, 9.17) is 9.84 Å². The minimum Gasteiger partial charge on any atom is -0.449 e. The van der Waals surface area contributed by atoms with Crippen molar-refractivity contribution in [3.63, 3.8) is 0 Å². The molecule has 0 aromatic heterocycles. The highest BCUT2D eigenvalue weighted by Crippen LogP contribution is 2.44. The summed E-state index contributed by atoms with van der Waals surface area (Å²) in [5.41, 5.74) is 4.62. The van der Waals surface area contributed by atoms with Gasteiger partial charge in [-0.1, -0.05) is 48.5 Å². The molecule has 0 fully saturated rings. The smallest absolute Gasteiger partial charge is 0.407 e. The summed E-state index contributed by atoms with van der Waals surface area (Å²) in [5, 5.41) is 14.2. The number of benzene rings is 2. The summed E-state index contributed by atoms with van der Waals surface area (Å²) >= 11 is 1.46. The molecule has 1 atom stereocenters. The highest BCUT2D eigenvalue weighted by Gasteiger charge is 2.29. The number of carbonyl (C=O) groups excluding carboxylic acids is 2. The van der Waals surface area contributed by atoms with Gasteiger partial charge in [-0.25, -0.2) is 4.79 Å². The molecule has 2 amide bonds. The molecule has 0 saturated heterocycles. The Bertz CT molecular complexity index is 813. The summed E-state index contributed by atoms with van der Waals surface area (Å²) in [6.45, 7) is 0.581. The van der Waals surface area contributed by atoms with Gasteiger partial charge >= 0.3 is 6.09 Å². The zero-order valence-corrected chi connectivity index (χ0v) is 17.2. The SMILES string of the molecule is CSCC(NC(=O)OCC1c2ccccc2-c2ccccc21)C(=O)NCCCO. The monoisotopic (exact) mass is 414 g/mol. The fraction of sp³-hybridized carbons (Fsp3) is 0.364. The Kier molecular flexibility index (Phi) is 7.55. The van der Waals surface area contributed by atoms with E-state index in [0.29, 0.717) is 18.7 Å². The highest BCUT2D eigenvalue weighted by atomic mass is 32.2. The first-order valence-electron chi connectivity index (χ1n) is 9.64. The first-order chi connectivity index (χ1) is 14.2. The topological polar surface area (TPSA) is 87.7 Å². The van der Waals surface area contributed by atoms with Crippen LogP contribution in [0, 0.1) is 0 Å². The van der Waals surface area contributed by atoms with E-state index in [-0.39, 0.29) is 25.0 Å². The molecule has 0 spiro atoms. The summed E-state index contributed by atoms with van der Waals surface area (Å²) in [6.07, 6.45) is 1.74. The minimum atomic E-state index is -0.681. The molecule has 3 N–H and O–H groups in total. The molecule has 3 rings (SSSR count). The molecule has 154 valence electrons. The number of aliphatic hydroxyl groups excluding tert-OH is 1. The number of rotatable bonds is 9. The van der Waals surface area contributed by atoms with Gasteiger partial charge in [-0.2, -0.15) is 11.8 Å². The van der Waals surface area contributed by atoms with E-state index < -0.39 is 12.1 Å². The maximum Gasteiger partial charge on any atom is 0.407 e. The van der Waals surface area contributed by atoms with Crippen LogP contribution < -0.4 is 10.6 Å². The zero-order chi connectivity index (χ0) is 20.6. The van der Waals surface area contributed by atoms with Crippen LogP contribution in [-0.4, -0.2) is 54.9 Å². The van der Waals surface area contributed by atoms with Crippen LogP contribution in [-0.2, 0) is 9.53 Å². The first-order valence-corrected chi connectivity index (χ1v) is 11.0. The molecule has 1 aliphatic rings. The maximum atomic E-state index is 12.4. The van der Waals surface area contributed by atoms with E-state index in [1.807, 2.05) is 30.5 Å². The van der Waals surface area contributed by atoms with Gasteiger partial charge in [0, 0.05) is 24.8 Å². The van der Waals surface area contributed by atoms with Gasteiger partial charge in [-0.15, -0.1) is 0 Å². The van der Waals surface area contributed by atoms with Crippen molar-refractivity contribution >= 4 is 23.8 Å².